The van der Waals surface area contributed by atoms with E-state index < -0.39 is 0 Å². The van der Waals surface area contributed by atoms with Gasteiger partial charge in [0.15, 0.2) is 0 Å². The van der Waals surface area contributed by atoms with Gasteiger partial charge in [0.1, 0.15) is 0 Å². The van der Waals surface area contributed by atoms with E-state index in [9.17, 15) is 0 Å². The second-order valence-electron chi connectivity index (χ2n) is 12.0. The summed E-state index contributed by atoms with van der Waals surface area (Å²) in [5, 5.41) is 0. The van der Waals surface area contributed by atoms with Crippen molar-refractivity contribution >= 4 is 22.6 Å². The summed E-state index contributed by atoms with van der Waals surface area (Å²) in [5.74, 6) is 6.16. The molecule has 4 fully saturated rings. The third kappa shape index (κ3) is 3.67. The minimum atomic E-state index is 0.669. The monoisotopic (exact) mass is 484 g/mol. The Bertz CT molecular complexity index is 512. The lowest BCUT2D eigenvalue weighted by molar-refractivity contribution is -0.110. The molecule has 0 amide bonds. The van der Waals surface area contributed by atoms with E-state index in [-0.39, 0.29) is 0 Å². The van der Waals surface area contributed by atoms with Crippen molar-refractivity contribution in [2.75, 3.05) is 0 Å². The Morgan fingerprint density at radius 2 is 1.59 bits per heavy atom. The standard InChI is InChI=1S/C26H45I/c1-18(2)8-7-10-24(27)23-14-13-21-20-12-11-19-9-5-6-16-25(19,3)22(20)15-17-26(21,23)4/h18-24H,5-17H2,1-4H3. The fourth-order valence-electron chi connectivity index (χ4n) is 8.85. The summed E-state index contributed by atoms with van der Waals surface area (Å²) in [4.78, 5) is 0. The molecule has 0 bridgehead atoms. The van der Waals surface area contributed by atoms with Gasteiger partial charge in [0.2, 0.25) is 0 Å². The Morgan fingerprint density at radius 1 is 0.815 bits per heavy atom. The lowest BCUT2D eigenvalue weighted by atomic mass is 9.45. The third-order valence-electron chi connectivity index (χ3n) is 10.4. The number of alkyl halides is 1. The summed E-state index contributed by atoms with van der Waals surface area (Å²) >= 11 is 2.87. The Morgan fingerprint density at radius 3 is 2.37 bits per heavy atom. The lowest BCUT2D eigenvalue weighted by Gasteiger charge is -2.60. The minimum Gasteiger partial charge on any atom is -0.0823 e. The van der Waals surface area contributed by atoms with Crippen LogP contribution in [0.3, 0.4) is 0 Å². The first-order chi connectivity index (χ1) is 12.9. The molecule has 0 N–H and O–H groups in total. The molecule has 4 aliphatic carbocycles. The zero-order valence-electron chi connectivity index (χ0n) is 18.6. The first-order valence-electron chi connectivity index (χ1n) is 12.5. The van der Waals surface area contributed by atoms with Crippen LogP contribution in [-0.2, 0) is 0 Å². The van der Waals surface area contributed by atoms with Crippen LogP contribution in [0.15, 0.2) is 0 Å². The Hall–Kier alpha value is 0.730. The van der Waals surface area contributed by atoms with Crippen molar-refractivity contribution in [3.05, 3.63) is 0 Å². The van der Waals surface area contributed by atoms with Gasteiger partial charge in [0, 0.05) is 3.92 Å². The molecular formula is C26H45I. The van der Waals surface area contributed by atoms with Crippen molar-refractivity contribution < 1.29 is 0 Å². The number of rotatable bonds is 5. The van der Waals surface area contributed by atoms with E-state index in [2.05, 4.69) is 50.3 Å². The maximum Gasteiger partial charge on any atom is 0.0143 e. The van der Waals surface area contributed by atoms with Gasteiger partial charge in [0.05, 0.1) is 0 Å². The van der Waals surface area contributed by atoms with Crippen LogP contribution in [0.4, 0.5) is 0 Å². The molecule has 8 atom stereocenters. The van der Waals surface area contributed by atoms with Crippen molar-refractivity contribution in [3.63, 3.8) is 0 Å². The molecule has 1 heteroatoms. The van der Waals surface area contributed by atoms with Gasteiger partial charge in [-0.3, -0.25) is 0 Å². The van der Waals surface area contributed by atoms with Crippen LogP contribution in [0.25, 0.3) is 0 Å². The molecule has 0 nitrogen and oxygen atoms in total. The number of hydrogen-bond donors (Lipinski definition) is 0. The van der Waals surface area contributed by atoms with Gasteiger partial charge in [0.25, 0.3) is 0 Å². The van der Waals surface area contributed by atoms with E-state index in [0.717, 1.165) is 39.4 Å². The molecule has 4 rings (SSSR count). The predicted octanol–water partition coefficient (Wildman–Crippen LogP) is 8.67. The Labute approximate surface area is 183 Å². The summed E-state index contributed by atoms with van der Waals surface area (Å²) in [5.41, 5.74) is 1.38. The highest BCUT2D eigenvalue weighted by Gasteiger charge is 2.60. The van der Waals surface area contributed by atoms with Gasteiger partial charge in [-0.1, -0.05) is 76.0 Å². The van der Waals surface area contributed by atoms with Crippen molar-refractivity contribution in [1.82, 2.24) is 0 Å². The van der Waals surface area contributed by atoms with E-state index in [1.165, 1.54) is 32.1 Å². The van der Waals surface area contributed by atoms with E-state index in [1.54, 1.807) is 51.4 Å². The van der Waals surface area contributed by atoms with Gasteiger partial charge < -0.3 is 0 Å². The molecule has 0 saturated heterocycles. The molecule has 0 aromatic heterocycles. The van der Waals surface area contributed by atoms with Crippen molar-refractivity contribution in [1.29, 1.82) is 0 Å². The van der Waals surface area contributed by atoms with Crippen molar-refractivity contribution in [3.8, 4) is 0 Å². The van der Waals surface area contributed by atoms with Crippen LogP contribution < -0.4 is 0 Å². The lowest BCUT2D eigenvalue weighted by Crippen LogP contribution is -2.53. The molecule has 0 heterocycles. The first kappa shape index (κ1) is 21.0. The van der Waals surface area contributed by atoms with E-state index >= 15 is 0 Å². The van der Waals surface area contributed by atoms with Gasteiger partial charge in [-0.05, 0) is 104 Å². The fraction of sp³-hybridized carbons (Fsp3) is 1.00. The molecule has 156 valence electrons. The number of fused-ring (bicyclic) bond motifs is 5. The van der Waals surface area contributed by atoms with Crippen LogP contribution >= 0.6 is 22.6 Å². The van der Waals surface area contributed by atoms with Crippen LogP contribution in [0, 0.1) is 46.3 Å². The number of halogens is 1. The van der Waals surface area contributed by atoms with E-state index in [0.29, 0.717) is 10.8 Å². The van der Waals surface area contributed by atoms with Crippen molar-refractivity contribution in [2.24, 2.45) is 46.3 Å². The summed E-state index contributed by atoms with van der Waals surface area (Å²) < 4.78 is 0.925. The maximum absolute atomic E-state index is 2.87. The highest BCUT2D eigenvalue weighted by Crippen LogP contribution is 2.68. The molecular weight excluding hydrogens is 439 g/mol. The zero-order valence-corrected chi connectivity index (χ0v) is 20.8. The normalized spacial score (nSPS) is 48.0. The van der Waals surface area contributed by atoms with Crippen LogP contribution in [0.5, 0.6) is 0 Å². The van der Waals surface area contributed by atoms with E-state index in [4.69, 9.17) is 0 Å². The first-order valence-corrected chi connectivity index (χ1v) is 13.7. The average Bonchev–Trinajstić information content (AvgIpc) is 2.98. The summed E-state index contributed by atoms with van der Waals surface area (Å²) in [6.07, 6.45) is 19.9. The topological polar surface area (TPSA) is 0 Å². The van der Waals surface area contributed by atoms with Crippen molar-refractivity contribution in [2.45, 2.75) is 115 Å². The van der Waals surface area contributed by atoms with Gasteiger partial charge in [-0.25, -0.2) is 0 Å². The van der Waals surface area contributed by atoms with Crippen LogP contribution in [0.1, 0.15) is 111 Å². The molecule has 8 unspecified atom stereocenters. The second-order valence-corrected chi connectivity index (χ2v) is 13.6. The number of hydrogen-bond acceptors (Lipinski definition) is 0. The molecule has 4 aliphatic rings. The second kappa shape index (κ2) is 8.10. The summed E-state index contributed by atoms with van der Waals surface area (Å²) in [6, 6.07) is 0. The summed E-state index contributed by atoms with van der Waals surface area (Å²) in [7, 11) is 0. The molecule has 0 spiro atoms. The zero-order chi connectivity index (χ0) is 19.2. The highest BCUT2D eigenvalue weighted by atomic mass is 127. The Kier molecular flexibility index (Phi) is 6.30. The molecule has 0 aromatic rings. The van der Waals surface area contributed by atoms with E-state index in [1.807, 2.05) is 0 Å². The Balaban J connectivity index is 1.46. The van der Waals surface area contributed by atoms with Crippen LogP contribution in [-0.4, -0.2) is 3.92 Å². The molecule has 27 heavy (non-hydrogen) atoms. The highest BCUT2D eigenvalue weighted by molar-refractivity contribution is 14.1. The third-order valence-corrected chi connectivity index (χ3v) is 11.8. The smallest absolute Gasteiger partial charge is 0.0143 e. The molecule has 0 aliphatic heterocycles. The summed E-state index contributed by atoms with van der Waals surface area (Å²) in [6.45, 7) is 10.3. The van der Waals surface area contributed by atoms with Crippen LogP contribution in [0.2, 0.25) is 0 Å². The average molecular weight is 485 g/mol. The van der Waals surface area contributed by atoms with Gasteiger partial charge >= 0.3 is 0 Å². The SMILES string of the molecule is CC(C)CCCC(I)C1CCC2C3CCC4CCCCC4(C)C3CCC12C. The van der Waals surface area contributed by atoms with Gasteiger partial charge in [-0.2, -0.15) is 0 Å². The minimum absolute atomic E-state index is 0.669. The van der Waals surface area contributed by atoms with Gasteiger partial charge in [-0.15, -0.1) is 0 Å². The molecule has 0 radical (unpaired) electrons. The maximum atomic E-state index is 2.87. The predicted molar refractivity (Wildman–Crippen MR) is 126 cm³/mol. The fourth-order valence-corrected chi connectivity index (χ4v) is 10.5. The molecule has 0 aromatic carbocycles. The molecule has 4 saturated carbocycles. The quantitative estimate of drug-likeness (QED) is 0.271. The largest absolute Gasteiger partial charge is 0.0823 e.